The minimum atomic E-state index is -0.938. The third-order valence-electron chi connectivity index (χ3n) is 5.45. The first-order valence-corrected chi connectivity index (χ1v) is 10.7. The lowest BCUT2D eigenvalue weighted by molar-refractivity contribution is -0.126. The van der Waals surface area contributed by atoms with Crippen LogP contribution in [-0.2, 0) is 22.5 Å². The van der Waals surface area contributed by atoms with Gasteiger partial charge in [-0.1, -0.05) is 60.1 Å². The molecule has 3 aromatic rings. The third-order valence-corrected chi connectivity index (χ3v) is 5.84. The van der Waals surface area contributed by atoms with Gasteiger partial charge >= 0.3 is 5.97 Å². The van der Waals surface area contributed by atoms with Gasteiger partial charge in [0.05, 0.1) is 12.2 Å². The molecule has 4 rings (SSSR count). The number of halogens is 1. The van der Waals surface area contributed by atoms with Crippen LogP contribution in [0.4, 0.5) is 5.69 Å². The number of fused-ring (bicyclic) bond motifs is 1. The summed E-state index contributed by atoms with van der Waals surface area (Å²) in [4.78, 5) is 27.6. The van der Waals surface area contributed by atoms with Crippen LogP contribution in [0.1, 0.15) is 40.5 Å². The summed E-state index contributed by atoms with van der Waals surface area (Å²) in [5.41, 5.74) is 3.68. The van der Waals surface area contributed by atoms with Gasteiger partial charge in [0.25, 0.3) is 5.91 Å². The van der Waals surface area contributed by atoms with E-state index in [4.69, 9.17) is 16.3 Å². The molecule has 2 heterocycles. The lowest BCUT2D eigenvalue weighted by Gasteiger charge is -2.31. The van der Waals surface area contributed by atoms with Crippen molar-refractivity contribution in [3.63, 3.8) is 0 Å². The first-order chi connectivity index (χ1) is 15.0. The van der Waals surface area contributed by atoms with E-state index in [-0.39, 0.29) is 16.6 Å². The van der Waals surface area contributed by atoms with Crippen molar-refractivity contribution in [2.24, 2.45) is 0 Å². The van der Waals surface area contributed by atoms with E-state index in [1.807, 2.05) is 54.6 Å². The number of hydrogen-bond donors (Lipinski definition) is 0. The number of carbonyl (C=O) groups excluding carboxylic acids is 2. The lowest BCUT2D eigenvalue weighted by atomic mass is 10.0. The van der Waals surface area contributed by atoms with Gasteiger partial charge in [-0.2, -0.15) is 5.10 Å². The minimum Gasteiger partial charge on any atom is -0.449 e. The molecule has 0 fully saturated rings. The van der Waals surface area contributed by atoms with Crippen LogP contribution in [0.5, 0.6) is 0 Å². The second-order valence-electron chi connectivity index (χ2n) is 7.66. The quantitative estimate of drug-likeness (QED) is 0.554. The van der Waals surface area contributed by atoms with Crippen LogP contribution in [0.25, 0.3) is 0 Å². The Morgan fingerprint density at radius 1 is 1.13 bits per heavy atom. The van der Waals surface area contributed by atoms with E-state index < -0.39 is 12.1 Å². The Balaban J connectivity index is 1.49. The monoisotopic (exact) mass is 437 g/mol. The van der Waals surface area contributed by atoms with Crippen LogP contribution < -0.4 is 4.90 Å². The van der Waals surface area contributed by atoms with Gasteiger partial charge < -0.3 is 9.64 Å². The summed E-state index contributed by atoms with van der Waals surface area (Å²) in [6.07, 6.45) is 0.871. The van der Waals surface area contributed by atoms with Gasteiger partial charge in [0, 0.05) is 12.2 Å². The van der Waals surface area contributed by atoms with Crippen molar-refractivity contribution < 1.29 is 14.3 Å². The Hall–Kier alpha value is -3.12. The van der Waals surface area contributed by atoms with Crippen molar-refractivity contribution in [3.8, 4) is 0 Å². The highest BCUT2D eigenvalue weighted by Gasteiger charge is 2.30. The van der Waals surface area contributed by atoms with Crippen molar-refractivity contribution in [1.29, 1.82) is 0 Å². The molecule has 0 unspecified atom stereocenters. The van der Waals surface area contributed by atoms with Gasteiger partial charge in [-0.3, -0.25) is 4.79 Å². The molecule has 2 aromatic carbocycles. The Bertz CT molecular complexity index is 1110. The third kappa shape index (κ3) is 4.35. The lowest BCUT2D eigenvalue weighted by Crippen LogP contribution is -2.42. The second kappa shape index (κ2) is 8.94. The number of amides is 1. The number of anilines is 1. The standard InChI is InChI=1S/C24H24ClN3O3/c1-16-21(22(25)28(26-16)15-18-9-4-3-5-10-18)24(30)31-17(2)23(29)27-14-8-12-19-11-6-7-13-20(19)27/h3-7,9-11,13,17H,8,12,14-15H2,1-2H3/t17-/m1/s1. The van der Waals surface area contributed by atoms with Crippen molar-refractivity contribution in [2.45, 2.75) is 39.3 Å². The highest BCUT2D eigenvalue weighted by molar-refractivity contribution is 6.32. The Kier molecular flexibility index (Phi) is 6.09. The largest absolute Gasteiger partial charge is 0.449 e. The van der Waals surface area contributed by atoms with Crippen molar-refractivity contribution in [2.75, 3.05) is 11.4 Å². The maximum Gasteiger partial charge on any atom is 0.343 e. The molecule has 0 N–H and O–H groups in total. The first-order valence-electron chi connectivity index (χ1n) is 10.3. The molecule has 6 nitrogen and oxygen atoms in total. The van der Waals surface area contributed by atoms with E-state index in [1.54, 1.807) is 23.4 Å². The molecule has 1 atom stereocenters. The van der Waals surface area contributed by atoms with E-state index in [9.17, 15) is 9.59 Å². The summed E-state index contributed by atoms with van der Waals surface area (Å²) in [5, 5.41) is 4.59. The molecule has 1 aliphatic heterocycles. The van der Waals surface area contributed by atoms with Crippen LogP contribution in [0.15, 0.2) is 54.6 Å². The molecular formula is C24H24ClN3O3. The topological polar surface area (TPSA) is 64.4 Å². The van der Waals surface area contributed by atoms with Crippen LogP contribution in [0.2, 0.25) is 5.15 Å². The van der Waals surface area contributed by atoms with Gasteiger partial charge in [-0.15, -0.1) is 0 Å². The zero-order valence-corrected chi connectivity index (χ0v) is 18.3. The molecule has 1 aromatic heterocycles. The zero-order chi connectivity index (χ0) is 22.0. The van der Waals surface area contributed by atoms with E-state index in [0.717, 1.165) is 29.7 Å². The summed E-state index contributed by atoms with van der Waals surface area (Å²) >= 11 is 6.46. The minimum absolute atomic E-state index is 0.191. The number of hydrogen-bond acceptors (Lipinski definition) is 4. The van der Waals surface area contributed by atoms with Crippen LogP contribution >= 0.6 is 11.6 Å². The van der Waals surface area contributed by atoms with E-state index in [0.29, 0.717) is 18.8 Å². The SMILES string of the molecule is Cc1nn(Cc2ccccc2)c(Cl)c1C(=O)O[C@H](C)C(=O)N1CCCc2ccccc21. The van der Waals surface area contributed by atoms with Crippen LogP contribution in [0, 0.1) is 6.92 Å². The maximum atomic E-state index is 13.0. The van der Waals surface area contributed by atoms with Crippen molar-refractivity contribution >= 4 is 29.2 Å². The molecule has 160 valence electrons. The summed E-state index contributed by atoms with van der Waals surface area (Å²) in [5.74, 6) is -0.890. The van der Waals surface area contributed by atoms with Crippen molar-refractivity contribution in [3.05, 3.63) is 82.1 Å². The average Bonchev–Trinajstić information content (AvgIpc) is 3.06. The first kappa shape index (κ1) is 21.1. The molecule has 1 amide bonds. The number of para-hydroxylation sites is 1. The Morgan fingerprint density at radius 3 is 2.61 bits per heavy atom. The zero-order valence-electron chi connectivity index (χ0n) is 17.5. The normalized spacial score (nSPS) is 14.1. The molecule has 0 saturated carbocycles. The number of aryl methyl sites for hydroxylation is 2. The highest BCUT2D eigenvalue weighted by atomic mass is 35.5. The molecule has 0 spiro atoms. The number of esters is 1. The fourth-order valence-electron chi connectivity index (χ4n) is 3.90. The number of rotatable bonds is 5. The summed E-state index contributed by atoms with van der Waals surface area (Å²) < 4.78 is 7.09. The highest BCUT2D eigenvalue weighted by Crippen LogP contribution is 2.28. The van der Waals surface area contributed by atoms with E-state index in [1.165, 1.54) is 0 Å². The van der Waals surface area contributed by atoms with Crippen molar-refractivity contribution in [1.82, 2.24) is 9.78 Å². The average molecular weight is 438 g/mol. The number of ether oxygens (including phenoxy) is 1. The molecule has 31 heavy (non-hydrogen) atoms. The van der Waals surface area contributed by atoms with Gasteiger partial charge in [-0.05, 0) is 43.9 Å². The van der Waals surface area contributed by atoms with E-state index >= 15 is 0 Å². The predicted octanol–water partition coefficient (Wildman–Crippen LogP) is 4.42. The Morgan fingerprint density at radius 2 is 1.84 bits per heavy atom. The molecule has 0 saturated heterocycles. The Labute approximate surface area is 186 Å². The molecule has 0 bridgehead atoms. The van der Waals surface area contributed by atoms with Crippen LogP contribution in [-0.4, -0.2) is 34.3 Å². The fourth-order valence-corrected chi connectivity index (χ4v) is 4.21. The number of nitrogens with zero attached hydrogens (tertiary/aromatic N) is 3. The molecule has 1 aliphatic rings. The van der Waals surface area contributed by atoms with Crippen LogP contribution in [0.3, 0.4) is 0 Å². The predicted molar refractivity (Wildman–Crippen MR) is 120 cm³/mol. The smallest absolute Gasteiger partial charge is 0.343 e. The van der Waals surface area contributed by atoms with E-state index in [2.05, 4.69) is 5.10 Å². The summed E-state index contributed by atoms with van der Waals surface area (Å²) in [6, 6.07) is 17.5. The fraction of sp³-hybridized carbons (Fsp3) is 0.292. The summed E-state index contributed by atoms with van der Waals surface area (Å²) in [7, 11) is 0. The summed E-state index contributed by atoms with van der Waals surface area (Å²) in [6.45, 7) is 4.34. The maximum absolute atomic E-state index is 13.0. The molecule has 7 heteroatoms. The van der Waals surface area contributed by atoms with Gasteiger partial charge in [-0.25, -0.2) is 9.48 Å². The number of carbonyl (C=O) groups is 2. The second-order valence-corrected chi connectivity index (χ2v) is 8.02. The van der Waals surface area contributed by atoms with Gasteiger partial charge in [0.2, 0.25) is 0 Å². The molecule has 0 aliphatic carbocycles. The molecule has 0 radical (unpaired) electrons. The van der Waals surface area contributed by atoms with Gasteiger partial charge in [0.15, 0.2) is 6.10 Å². The van der Waals surface area contributed by atoms with Gasteiger partial charge in [0.1, 0.15) is 10.7 Å². The molecular weight excluding hydrogens is 414 g/mol. The number of benzene rings is 2. The number of aromatic nitrogens is 2.